The molecular formula is C25H26N4O2. The molecule has 0 atom stereocenters. The summed E-state index contributed by atoms with van der Waals surface area (Å²) in [4.78, 5) is 7.14. The topological polar surface area (TPSA) is 52.4 Å². The smallest absolute Gasteiger partial charge is 0.257 e. The first kappa shape index (κ1) is 19.6. The lowest BCUT2D eigenvalue weighted by Crippen LogP contribution is -2.36. The van der Waals surface area contributed by atoms with Crippen LogP contribution in [0, 0.1) is 6.92 Å². The molecule has 0 unspecified atom stereocenters. The predicted molar refractivity (Wildman–Crippen MR) is 122 cm³/mol. The maximum absolute atomic E-state index is 6.09. The number of morpholine rings is 1. The maximum Gasteiger partial charge on any atom is 0.257 e. The summed E-state index contributed by atoms with van der Waals surface area (Å²) in [5.41, 5.74) is 6.44. The van der Waals surface area contributed by atoms with Crippen LogP contribution in [0.5, 0.6) is 5.88 Å². The van der Waals surface area contributed by atoms with Crippen molar-refractivity contribution < 1.29 is 9.47 Å². The van der Waals surface area contributed by atoms with Gasteiger partial charge in [-0.25, -0.2) is 4.98 Å². The van der Waals surface area contributed by atoms with E-state index in [9.17, 15) is 0 Å². The van der Waals surface area contributed by atoms with E-state index in [2.05, 4.69) is 59.4 Å². The van der Waals surface area contributed by atoms with Gasteiger partial charge in [-0.15, -0.1) is 5.10 Å². The largest absolute Gasteiger partial charge is 0.470 e. The van der Waals surface area contributed by atoms with Crippen LogP contribution in [0.1, 0.15) is 11.1 Å². The Morgan fingerprint density at radius 3 is 2.61 bits per heavy atom. The third-order valence-electron chi connectivity index (χ3n) is 5.65. The second kappa shape index (κ2) is 8.40. The van der Waals surface area contributed by atoms with E-state index in [1.165, 1.54) is 10.9 Å². The summed E-state index contributed by atoms with van der Waals surface area (Å²) in [6, 6.07) is 18.9. The first-order valence-electron chi connectivity index (χ1n) is 10.6. The highest BCUT2D eigenvalue weighted by molar-refractivity contribution is 5.83. The average Bonchev–Trinajstić information content (AvgIpc) is 3.19. The molecule has 1 aliphatic rings. The van der Waals surface area contributed by atoms with Crippen LogP contribution in [0.25, 0.3) is 22.2 Å². The summed E-state index contributed by atoms with van der Waals surface area (Å²) in [5.74, 6) is 0.667. The van der Waals surface area contributed by atoms with Crippen molar-refractivity contribution in [3.05, 3.63) is 71.9 Å². The molecule has 0 amide bonds. The molecule has 0 saturated carbocycles. The molecule has 3 heterocycles. The summed E-state index contributed by atoms with van der Waals surface area (Å²) in [6.45, 7) is 5.76. The molecule has 1 aliphatic heterocycles. The molecule has 1 fully saturated rings. The minimum Gasteiger partial charge on any atom is -0.470 e. The quantitative estimate of drug-likeness (QED) is 0.486. The number of rotatable bonds is 5. The summed E-state index contributed by atoms with van der Waals surface area (Å²) in [7, 11) is 1.92. The fraction of sp³-hybridized carbons (Fsp3) is 0.280. The minimum absolute atomic E-state index is 0.471. The predicted octanol–water partition coefficient (Wildman–Crippen LogP) is 4.36. The molecular weight excluding hydrogens is 388 g/mol. The fourth-order valence-corrected chi connectivity index (χ4v) is 4.00. The number of anilines is 1. The number of fused-ring (bicyclic) bond motifs is 1. The Labute approximate surface area is 182 Å². The number of hydrogen-bond acceptors (Lipinski definition) is 5. The molecule has 0 N–H and O–H groups in total. The molecule has 1 saturated heterocycles. The third-order valence-corrected chi connectivity index (χ3v) is 5.65. The van der Waals surface area contributed by atoms with Crippen molar-refractivity contribution in [2.75, 3.05) is 31.2 Å². The highest BCUT2D eigenvalue weighted by Gasteiger charge is 2.19. The average molecular weight is 415 g/mol. The van der Waals surface area contributed by atoms with Gasteiger partial charge in [0.1, 0.15) is 12.3 Å². The Kier molecular flexibility index (Phi) is 5.30. The van der Waals surface area contributed by atoms with Crippen molar-refractivity contribution >= 4 is 16.6 Å². The van der Waals surface area contributed by atoms with E-state index >= 15 is 0 Å². The third kappa shape index (κ3) is 4.11. The Balaban J connectivity index is 1.32. The van der Waals surface area contributed by atoms with Crippen LogP contribution in [0.15, 0.2) is 60.8 Å². The lowest BCUT2D eigenvalue weighted by molar-refractivity contribution is 0.122. The van der Waals surface area contributed by atoms with Crippen LogP contribution >= 0.6 is 0 Å². The van der Waals surface area contributed by atoms with E-state index in [1.54, 1.807) is 4.68 Å². The molecule has 0 spiro atoms. The van der Waals surface area contributed by atoms with Gasteiger partial charge in [-0.05, 0) is 30.2 Å². The Hall–Kier alpha value is -3.38. The van der Waals surface area contributed by atoms with E-state index in [4.69, 9.17) is 14.5 Å². The zero-order chi connectivity index (χ0) is 21.2. The lowest BCUT2D eigenvalue weighted by atomic mass is 10.0. The molecule has 5 rings (SSSR count). The van der Waals surface area contributed by atoms with Gasteiger partial charge in [0, 0.05) is 31.1 Å². The number of ether oxygens (including phenoxy) is 2. The van der Waals surface area contributed by atoms with Crippen LogP contribution < -0.4 is 9.64 Å². The fourth-order valence-electron chi connectivity index (χ4n) is 4.00. The summed E-state index contributed by atoms with van der Waals surface area (Å²) < 4.78 is 13.4. The molecule has 6 heteroatoms. The number of pyridine rings is 1. The standard InChI is InChI=1S/C25H26N4O2/c1-18-15-21-5-3-4-6-22(21)26-24(18)20-9-7-19(8-10-20)17-31-25-23(16-28(2)27-25)29-11-13-30-14-12-29/h3-10,15-16H,11-14,17H2,1-2H3. The van der Waals surface area contributed by atoms with E-state index in [0.29, 0.717) is 12.5 Å². The van der Waals surface area contributed by atoms with Gasteiger partial charge in [0.25, 0.3) is 5.88 Å². The first-order valence-corrected chi connectivity index (χ1v) is 10.6. The summed E-state index contributed by atoms with van der Waals surface area (Å²) >= 11 is 0. The number of para-hydroxylation sites is 1. The van der Waals surface area contributed by atoms with Gasteiger partial charge in [0.05, 0.1) is 30.6 Å². The van der Waals surface area contributed by atoms with Crippen molar-refractivity contribution in [1.82, 2.24) is 14.8 Å². The molecule has 0 bridgehead atoms. The van der Waals surface area contributed by atoms with E-state index in [-0.39, 0.29) is 0 Å². The van der Waals surface area contributed by atoms with Gasteiger partial charge in [-0.2, -0.15) is 0 Å². The van der Waals surface area contributed by atoms with Gasteiger partial charge in [0.2, 0.25) is 0 Å². The van der Waals surface area contributed by atoms with Crippen LogP contribution in [-0.4, -0.2) is 41.1 Å². The number of aromatic nitrogens is 3. The summed E-state index contributed by atoms with van der Waals surface area (Å²) in [6.07, 6.45) is 2.01. The van der Waals surface area contributed by atoms with Crippen molar-refractivity contribution in [1.29, 1.82) is 0 Å². The van der Waals surface area contributed by atoms with Crippen molar-refractivity contribution in [3.63, 3.8) is 0 Å². The molecule has 6 nitrogen and oxygen atoms in total. The number of aryl methyl sites for hydroxylation is 2. The molecule has 31 heavy (non-hydrogen) atoms. The highest BCUT2D eigenvalue weighted by atomic mass is 16.5. The number of hydrogen-bond donors (Lipinski definition) is 0. The van der Waals surface area contributed by atoms with Crippen LogP contribution in [0.2, 0.25) is 0 Å². The van der Waals surface area contributed by atoms with Gasteiger partial charge in [-0.1, -0.05) is 42.5 Å². The SMILES string of the molecule is Cc1cc2ccccc2nc1-c1ccc(COc2nn(C)cc2N2CCOCC2)cc1. The van der Waals surface area contributed by atoms with Gasteiger partial charge >= 0.3 is 0 Å². The molecule has 2 aromatic heterocycles. The summed E-state index contributed by atoms with van der Waals surface area (Å²) in [5, 5.41) is 5.68. The molecule has 4 aromatic rings. The number of benzene rings is 2. The van der Waals surface area contributed by atoms with Crippen molar-refractivity contribution in [2.45, 2.75) is 13.5 Å². The lowest BCUT2D eigenvalue weighted by Gasteiger charge is -2.27. The Morgan fingerprint density at radius 2 is 1.81 bits per heavy atom. The second-order valence-corrected chi connectivity index (χ2v) is 7.92. The second-order valence-electron chi connectivity index (χ2n) is 7.92. The molecule has 0 radical (unpaired) electrons. The minimum atomic E-state index is 0.471. The van der Waals surface area contributed by atoms with Crippen molar-refractivity contribution in [2.24, 2.45) is 7.05 Å². The zero-order valence-corrected chi connectivity index (χ0v) is 17.9. The number of nitrogens with zero attached hydrogens (tertiary/aromatic N) is 4. The van der Waals surface area contributed by atoms with Crippen LogP contribution in [0.3, 0.4) is 0 Å². The molecule has 0 aliphatic carbocycles. The Morgan fingerprint density at radius 1 is 1.03 bits per heavy atom. The molecule has 2 aromatic carbocycles. The maximum atomic E-state index is 6.09. The normalized spacial score (nSPS) is 14.2. The zero-order valence-electron chi connectivity index (χ0n) is 17.9. The highest BCUT2D eigenvalue weighted by Crippen LogP contribution is 2.29. The van der Waals surface area contributed by atoms with Crippen LogP contribution in [0.4, 0.5) is 5.69 Å². The van der Waals surface area contributed by atoms with Gasteiger partial charge < -0.3 is 14.4 Å². The van der Waals surface area contributed by atoms with Gasteiger partial charge in [-0.3, -0.25) is 4.68 Å². The van der Waals surface area contributed by atoms with Gasteiger partial charge in [0.15, 0.2) is 0 Å². The molecule has 158 valence electrons. The van der Waals surface area contributed by atoms with E-state index in [0.717, 1.165) is 54.3 Å². The van der Waals surface area contributed by atoms with E-state index in [1.807, 2.05) is 25.4 Å². The van der Waals surface area contributed by atoms with Crippen molar-refractivity contribution in [3.8, 4) is 17.1 Å². The van der Waals surface area contributed by atoms with Crippen LogP contribution in [-0.2, 0) is 18.4 Å². The Bertz CT molecular complexity index is 1190. The van der Waals surface area contributed by atoms with E-state index < -0.39 is 0 Å². The monoisotopic (exact) mass is 414 g/mol. The first-order chi connectivity index (χ1) is 15.2.